The van der Waals surface area contributed by atoms with Gasteiger partial charge >= 0.3 is 0 Å². The molecule has 0 unspecified atom stereocenters. The molecule has 1 aliphatic carbocycles. The number of nitrogens with one attached hydrogen (secondary N) is 2. The Balaban J connectivity index is 1.47. The predicted molar refractivity (Wildman–Crippen MR) is 95.9 cm³/mol. The molecule has 2 N–H and O–H groups in total. The highest BCUT2D eigenvalue weighted by molar-refractivity contribution is 5.79. The van der Waals surface area contributed by atoms with Gasteiger partial charge in [0.15, 0.2) is 5.96 Å². The summed E-state index contributed by atoms with van der Waals surface area (Å²) in [4.78, 5) is 8.52. The zero-order chi connectivity index (χ0) is 16.6. The van der Waals surface area contributed by atoms with Crippen LogP contribution in [0.15, 0.2) is 53.7 Å². The summed E-state index contributed by atoms with van der Waals surface area (Å²) in [7, 11) is 1.77. The van der Waals surface area contributed by atoms with Crippen LogP contribution in [0.25, 0.3) is 0 Å². The van der Waals surface area contributed by atoms with Gasteiger partial charge in [0.25, 0.3) is 0 Å². The molecule has 3 rings (SSSR count). The summed E-state index contributed by atoms with van der Waals surface area (Å²) in [5, 5.41) is 6.63. The number of hydrogen-bond donors (Lipinski definition) is 2. The minimum atomic E-state index is 0.677. The van der Waals surface area contributed by atoms with Crippen LogP contribution in [0.2, 0.25) is 0 Å². The van der Waals surface area contributed by atoms with Crippen LogP contribution in [0.5, 0.6) is 5.88 Å². The number of rotatable bonds is 7. The standard InChI is InChI=1S/C19H24N4O/c1-20-19(22-12-15-5-3-2-4-6-15)23-13-17-9-10-21-18(11-17)24-14-16-7-8-16/h2-6,9-11,16H,7-8,12-14H2,1H3,(H2,20,22,23). The van der Waals surface area contributed by atoms with Gasteiger partial charge in [-0.2, -0.15) is 0 Å². The maximum Gasteiger partial charge on any atom is 0.213 e. The summed E-state index contributed by atoms with van der Waals surface area (Å²) in [5.41, 5.74) is 2.35. The van der Waals surface area contributed by atoms with Gasteiger partial charge in [-0.15, -0.1) is 0 Å². The number of pyridine rings is 1. The van der Waals surface area contributed by atoms with Gasteiger partial charge in [0, 0.05) is 32.4 Å². The predicted octanol–water partition coefficient (Wildman–Crippen LogP) is 2.74. The first-order chi connectivity index (χ1) is 11.8. The molecule has 0 radical (unpaired) electrons. The SMILES string of the molecule is CN=C(NCc1ccccc1)NCc1ccnc(OCC2CC2)c1. The minimum Gasteiger partial charge on any atom is -0.477 e. The minimum absolute atomic E-state index is 0.677. The smallest absolute Gasteiger partial charge is 0.213 e. The van der Waals surface area contributed by atoms with Gasteiger partial charge < -0.3 is 15.4 Å². The topological polar surface area (TPSA) is 58.5 Å². The van der Waals surface area contributed by atoms with E-state index in [1.54, 1.807) is 13.2 Å². The van der Waals surface area contributed by atoms with Gasteiger partial charge in [0.2, 0.25) is 5.88 Å². The number of benzene rings is 1. The van der Waals surface area contributed by atoms with Crippen molar-refractivity contribution in [3.63, 3.8) is 0 Å². The number of hydrogen-bond acceptors (Lipinski definition) is 3. The van der Waals surface area contributed by atoms with E-state index in [9.17, 15) is 0 Å². The third-order valence-electron chi connectivity index (χ3n) is 3.95. The molecule has 0 saturated heterocycles. The van der Waals surface area contributed by atoms with E-state index in [1.807, 2.05) is 30.3 Å². The molecule has 126 valence electrons. The summed E-state index contributed by atoms with van der Waals surface area (Å²) in [5.74, 6) is 2.21. The number of aromatic nitrogens is 1. The van der Waals surface area contributed by atoms with Crippen molar-refractivity contribution in [1.82, 2.24) is 15.6 Å². The maximum atomic E-state index is 5.72. The van der Waals surface area contributed by atoms with Crippen molar-refractivity contribution < 1.29 is 4.74 Å². The molecule has 0 atom stereocenters. The Morgan fingerprint density at radius 2 is 1.88 bits per heavy atom. The second-order valence-electron chi connectivity index (χ2n) is 6.02. The Morgan fingerprint density at radius 3 is 2.58 bits per heavy atom. The van der Waals surface area contributed by atoms with E-state index in [-0.39, 0.29) is 0 Å². The maximum absolute atomic E-state index is 5.72. The lowest BCUT2D eigenvalue weighted by molar-refractivity contribution is 0.288. The second-order valence-corrected chi connectivity index (χ2v) is 6.02. The van der Waals surface area contributed by atoms with Crippen LogP contribution in [-0.2, 0) is 13.1 Å². The van der Waals surface area contributed by atoms with E-state index in [2.05, 4.69) is 32.7 Å². The molecule has 0 amide bonds. The monoisotopic (exact) mass is 324 g/mol. The molecule has 0 spiro atoms. The molecule has 0 aliphatic heterocycles. The first kappa shape index (κ1) is 16.3. The fourth-order valence-electron chi connectivity index (χ4n) is 2.32. The van der Waals surface area contributed by atoms with Gasteiger partial charge in [0.1, 0.15) is 0 Å². The molecule has 1 aromatic heterocycles. The largest absolute Gasteiger partial charge is 0.477 e. The van der Waals surface area contributed by atoms with Gasteiger partial charge in [-0.3, -0.25) is 4.99 Å². The fourth-order valence-corrected chi connectivity index (χ4v) is 2.32. The normalized spacial score (nSPS) is 14.3. The van der Waals surface area contributed by atoms with Crippen molar-refractivity contribution in [2.24, 2.45) is 10.9 Å². The van der Waals surface area contributed by atoms with Crippen LogP contribution < -0.4 is 15.4 Å². The average Bonchev–Trinajstić information content (AvgIpc) is 3.46. The molecular formula is C19H24N4O. The first-order valence-electron chi connectivity index (χ1n) is 8.39. The Kier molecular flexibility index (Phi) is 5.66. The summed E-state index contributed by atoms with van der Waals surface area (Å²) in [6.07, 6.45) is 4.36. The van der Waals surface area contributed by atoms with E-state index in [0.717, 1.165) is 30.6 Å². The van der Waals surface area contributed by atoms with Crippen molar-refractivity contribution in [1.29, 1.82) is 0 Å². The van der Waals surface area contributed by atoms with E-state index in [1.165, 1.54) is 18.4 Å². The van der Waals surface area contributed by atoms with E-state index in [4.69, 9.17) is 4.74 Å². The third-order valence-corrected chi connectivity index (χ3v) is 3.95. The lowest BCUT2D eigenvalue weighted by Crippen LogP contribution is -2.36. The highest BCUT2D eigenvalue weighted by Crippen LogP contribution is 2.29. The highest BCUT2D eigenvalue weighted by Gasteiger charge is 2.22. The van der Waals surface area contributed by atoms with Crippen molar-refractivity contribution in [3.8, 4) is 5.88 Å². The molecule has 1 saturated carbocycles. The number of ether oxygens (including phenoxy) is 1. The fraction of sp³-hybridized carbons (Fsp3) is 0.368. The van der Waals surface area contributed by atoms with Crippen molar-refractivity contribution in [2.45, 2.75) is 25.9 Å². The Hall–Kier alpha value is -2.56. The van der Waals surface area contributed by atoms with Gasteiger partial charge in [0.05, 0.1) is 6.61 Å². The highest BCUT2D eigenvalue weighted by atomic mass is 16.5. The van der Waals surface area contributed by atoms with E-state index < -0.39 is 0 Å². The van der Waals surface area contributed by atoms with Crippen LogP contribution in [0, 0.1) is 5.92 Å². The molecule has 24 heavy (non-hydrogen) atoms. The van der Waals surface area contributed by atoms with Gasteiger partial charge in [-0.25, -0.2) is 4.98 Å². The second kappa shape index (κ2) is 8.34. The molecule has 1 aliphatic rings. The van der Waals surface area contributed by atoms with Crippen molar-refractivity contribution in [2.75, 3.05) is 13.7 Å². The van der Waals surface area contributed by atoms with Crippen LogP contribution in [0.3, 0.4) is 0 Å². The molecule has 2 aromatic rings. The van der Waals surface area contributed by atoms with Crippen LogP contribution in [0.4, 0.5) is 0 Å². The summed E-state index contributed by atoms with van der Waals surface area (Å²) in [6.45, 7) is 2.20. The molecule has 1 fully saturated rings. The van der Waals surface area contributed by atoms with Crippen LogP contribution in [-0.4, -0.2) is 24.6 Å². The van der Waals surface area contributed by atoms with E-state index >= 15 is 0 Å². The lowest BCUT2D eigenvalue weighted by Gasteiger charge is -2.12. The van der Waals surface area contributed by atoms with Gasteiger partial charge in [-0.1, -0.05) is 30.3 Å². The van der Waals surface area contributed by atoms with Crippen molar-refractivity contribution in [3.05, 3.63) is 59.8 Å². The third kappa shape index (κ3) is 5.26. The molecule has 5 nitrogen and oxygen atoms in total. The summed E-state index contributed by atoms with van der Waals surface area (Å²) < 4.78 is 5.72. The van der Waals surface area contributed by atoms with E-state index in [0.29, 0.717) is 12.4 Å². The number of guanidine groups is 1. The molecular weight excluding hydrogens is 300 g/mol. The number of aliphatic imine (C=N–C) groups is 1. The van der Waals surface area contributed by atoms with Crippen LogP contribution in [0.1, 0.15) is 24.0 Å². The molecule has 0 bridgehead atoms. The molecule has 1 aromatic carbocycles. The Bertz CT molecular complexity index is 668. The summed E-state index contributed by atoms with van der Waals surface area (Å²) >= 11 is 0. The zero-order valence-electron chi connectivity index (χ0n) is 14.0. The zero-order valence-corrected chi connectivity index (χ0v) is 14.0. The quantitative estimate of drug-likeness (QED) is 0.607. The van der Waals surface area contributed by atoms with Gasteiger partial charge in [-0.05, 0) is 36.0 Å². The number of nitrogens with zero attached hydrogens (tertiary/aromatic N) is 2. The van der Waals surface area contributed by atoms with Crippen LogP contribution >= 0.6 is 0 Å². The first-order valence-corrected chi connectivity index (χ1v) is 8.39. The average molecular weight is 324 g/mol. The molecule has 5 heteroatoms. The molecule has 1 heterocycles. The Morgan fingerprint density at radius 1 is 1.12 bits per heavy atom. The lowest BCUT2D eigenvalue weighted by atomic mass is 10.2. The van der Waals surface area contributed by atoms with Crippen molar-refractivity contribution >= 4 is 5.96 Å². The Labute approximate surface area is 143 Å². The summed E-state index contributed by atoms with van der Waals surface area (Å²) in [6, 6.07) is 14.2.